The lowest BCUT2D eigenvalue weighted by Crippen LogP contribution is -2.47. The van der Waals surface area contributed by atoms with Crippen LogP contribution in [0.15, 0.2) is 72.9 Å². The molecule has 1 aliphatic rings. The van der Waals surface area contributed by atoms with Gasteiger partial charge in [0.2, 0.25) is 0 Å². The summed E-state index contributed by atoms with van der Waals surface area (Å²) < 4.78 is 63.0. The molecule has 6 nitrogen and oxygen atoms in total. The zero-order chi connectivity index (χ0) is 28.7. The first-order chi connectivity index (χ1) is 18.9. The molecule has 2 heterocycles. The second-order valence-corrected chi connectivity index (χ2v) is 12.4. The summed E-state index contributed by atoms with van der Waals surface area (Å²) in [6, 6.07) is 19.8. The number of piperidine rings is 1. The minimum atomic E-state index is -5.36. The van der Waals surface area contributed by atoms with E-state index in [1.807, 2.05) is 30.3 Å². The van der Waals surface area contributed by atoms with Gasteiger partial charge in [-0.25, -0.2) is 8.42 Å². The second-order valence-electron chi connectivity index (χ2n) is 9.60. The topological polar surface area (TPSA) is 82.5 Å². The molecule has 40 heavy (non-hydrogen) atoms. The summed E-state index contributed by atoms with van der Waals surface area (Å²) in [7, 11) is -5.36. The maximum absolute atomic E-state index is 13.0. The number of aromatic nitrogens is 1. The van der Waals surface area contributed by atoms with Gasteiger partial charge in [-0.1, -0.05) is 47.5 Å². The van der Waals surface area contributed by atoms with Crippen LogP contribution in [-0.4, -0.2) is 47.5 Å². The first-order valence-corrected chi connectivity index (χ1v) is 14.6. The Bertz CT molecular complexity index is 1580. The fourth-order valence-electron chi connectivity index (χ4n) is 5.05. The Morgan fingerprint density at radius 1 is 0.900 bits per heavy atom. The number of rotatable bonds is 6. The first-order valence-electron chi connectivity index (χ1n) is 12.4. The minimum Gasteiger partial charge on any atom is -0.506 e. The Hall–Kier alpha value is -3.05. The molecule has 0 amide bonds. The van der Waals surface area contributed by atoms with Crippen LogP contribution in [0.25, 0.3) is 10.9 Å². The molecule has 3 aromatic carbocycles. The van der Waals surface area contributed by atoms with Gasteiger partial charge in [0.15, 0.2) is 0 Å². The molecule has 1 saturated heterocycles. The van der Waals surface area contributed by atoms with Crippen LogP contribution < -0.4 is 5.32 Å². The minimum absolute atomic E-state index is 0.0323. The summed E-state index contributed by atoms with van der Waals surface area (Å²) in [6.07, 6.45) is 1.90. The highest BCUT2D eigenvalue weighted by Gasteiger charge is 2.50. The number of alkyl halides is 3. The number of benzene rings is 3. The zero-order valence-corrected chi connectivity index (χ0v) is 23.2. The summed E-state index contributed by atoms with van der Waals surface area (Å²) in [6.45, 7) is -0.511. The van der Waals surface area contributed by atoms with Crippen LogP contribution in [0.4, 0.5) is 18.9 Å². The molecule has 2 N–H and O–H groups in total. The number of sulfonamides is 1. The maximum Gasteiger partial charge on any atom is 0.511 e. The van der Waals surface area contributed by atoms with Gasteiger partial charge in [-0.05, 0) is 72.0 Å². The van der Waals surface area contributed by atoms with Crippen molar-refractivity contribution in [1.82, 2.24) is 9.29 Å². The van der Waals surface area contributed by atoms with E-state index in [4.69, 9.17) is 23.2 Å². The molecule has 1 fully saturated rings. The highest BCUT2D eigenvalue weighted by Crippen LogP contribution is 2.39. The molecule has 5 rings (SSSR count). The normalized spacial score (nSPS) is 15.6. The molecule has 0 spiro atoms. The van der Waals surface area contributed by atoms with E-state index in [9.17, 15) is 26.7 Å². The van der Waals surface area contributed by atoms with Crippen molar-refractivity contribution in [2.24, 2.45) is 0 Å². The van der Waals surface area contributed by atoms with Crippen LogP contribution in [0.1, 0.15) is 35.4 Å². The van der Waals surface area contributed by atoms with E-state index < -0.39 is 15.5 Å². The highest BCUT2D eigenvalue weighted by atomic mass is 35.5. The van der Waals surface area contributed by atoms with Gasteiger partial charge in [0.1, 0.15) is 11.3 Å². The molecule has 1 aromatic heterocycles. The van der Waals surface area contributed by atoms with Gasteiger partial charge in [-0.3, -0.25) is 4.98 Å². The van der Waals surface area contributed by atoms with Crippen LogP contribution in [0.3, 0.4) is 0 Å². The third kappa shape index (κ3) is 5.72. The smallest absolute Gasteiger partial charge is 0.506 e. The highest BCUT2D eigenvalue weighted by molar-refractivity contribution is 7.90. The molecule has 1 aliphatic heterocycles. The lowest BCUT2D eigenvalue weighted by atomic mass is 9.84. The van der Waals surface area contributed by atoms with E-state index in [1.165, 1.54) is 6.20 Å². The fraction of sp³-hybridized carbons (Fsp3) is 0.250. The summed E-state index contributed by atoms with van der Waals surface area (Å²) in [4.78, 5) is 4.34. The Labute approximate surface area is 239 Å². The molecule has 0 atom stereocenters. The van der Waals surface area contributed by atoms with E-state index in [2.05, 4.69) is 10.3 Å². The summed E-state index contributed by atoms with van der Waals surface area (Å²) >= 11 is 12.3. The lowest BCUT2D eigenvalue weighted by molar-refractivity contribution is -0.0494. The van der Waals surface area contributed by atoms with Crippen molar-refractivity contribution < 1.29 is 26.7 Å². The molecule has 0 aliphatic carbocycles. The number of phenols is 1. The zero-order valence-electron chi connectivity index (χ0n) is 20.9. The van der Waals surface area contributed by atoms with Gasteiger partial charge in [-0.15, -0.1) is 0 Å². The molecule has 210 valence electrons. The summed E-state index contributed by atoms with van der Waals surface area (Å²) in [5.74, 6) is -0.316. The number of fused-ring (bicyclic) bond motifs is 1. The van der Waals surface area contributed by atoms with E-state index >= 15 is 0 Å². The van der Waals surface area contributed by atoms with Crippen molar-refractivity contribution in [3.8, 4) is 5.75 Å². The van der Waals surface area contributed by atoms with Crippen molar-refractivity contribution in [2.45, 2.75) is 30.3 Å². The molecule has 4 aromatic rings. The molecule has 0 bridgehead atoms. The van der Waals surface area contributed by atoms with Crippen molar-refractivity contribution >= 4 is 49.8 Å². The quantitative estimate of drug-likeness (QED) is 0.227. The van der Waals surface area contributed by atoms with Gasteiger partial charge in [0, 0.05) is 52.4 Å². The SMILES string of the molecule is O=S(=O)(N1CCC(Nc2ccnc3c(O)cc(C(c4ccc(Cl)cc4)c4ccc(Cl)cc4)cc23)CC1)C(F)(F)F. The molecular formula is C28H24Cl2F3N3O3S. The van der Waals surface area contributed by atoms with E-state index in [1.54, 1.807) is 36.4 Å². The summed E-state index contributed by atoms with van der Waals surface area (Å²) in [5, 5.41) is 16.1. The molecule has 0 unspecified atom stereocenters. The molecule has 0 radical (unpaired) electrons. The number of hydrogen-bond acceptors (Lipinski definition) is 5. The Balaban J connectivity index is 1.49. The van der Waals surface area contributed by atoms with Crippen molar-refractivity contribution in [1.29, 1.82) is 0 Å². The van der Waals surface area contributed by atoms with Gasteiger partial charge >= 0.3 is 15.5 Å². The van der Waals surface area contributed by atoms with Gasteiger partial charge < -0.3 is 10.4 Å². The average Bonchev–Trinajstić information content (AvgIpc) is 2.91. The van der Waals surface area contributed by atoms with E-state index in [0.717, 1.165) is 16.7 Å². The van der Waals surface area contributed by atoms with Gasteiger partial charge in [0.25, 0.3) is 0 Å². The lowest BCUT2D eigenvalue weighted by Gasteiger charge is -2.32. The fourth-order valence-corrected chi connectivity index (χ4v) is 6.28. The Morgan fingerprint density at radius 3 is 1.98 bits per heavy atom. The van der Waals surface area contributed by atoms with Crippen LogP contribution in [-0.2, 0) is 10.0 Å². The number of hydrogen-bond donors (Lipinski definition) is 2. The second kappa shape index (κ2) is 11.1. The van der Waals surface area contributed by atoms with Crippen LogP contribution in [0, 0.1) is 0 Å². The third-order valence-electron chi connectivity index (χ3n) is 7.03. The van der Waals surface area contributed by atoms with Gasteiger partial charge in [-0.2, -0.15) is 17.5 Å². The predicted molar refractivity (Wildman–Crippen MR) is 150 cm³/mol. The molecule has 12 heteroatoms. The number of nitrogens with one attached hydrogen (secondary N) is 1. The summed E-state index contributed by atoms with van der Waals surface area (Å²) in [5.41, 5.74) is -1.70. The number of pyridine rings is 1. The largest absolute Gasteiger partial charge is 0.511 e. The Kier molecular flexibility index (Phi) is 7.89. The van der Waals surface area contributed by atoms with Crippen molar-refractivity contribution in [3.63, 3.8) is 0 Å². The maximum atomic E-state index is 13.0. The first kappa shape index (κ1) is 28.5. The number of phenolic OH excluding ortho intramolecular Hbond substituents is 1. The van der Waals surface area contributed by atoms with E-state index in [0.29, 0.717) is 30.9 Å². The standard InChI is InChI=1S/C28H24Cl2F3N3O3S/c29-20-5-1-17(2-6-20)26(18-3-7-21(30)8-4-18)19-15-23-24(9-12-34-27(23)25(37)16-19)35-22-10-13-36(14-11-22)40(38,39)28(31,32)33/h1-9,12,15-16,22,26,37H,10-11,13-14H2,(H,34,35). The molecular weight excluding hydrogens is 586 g/mol. The van der Waals surface area contributed by atoms with E-state index in [-0.39, 0.29) is 43.6 Å². The number of nitrogens with zero attached hydrogens (tertiary/aromatic N) is 2. The third-order valence-corrected chi connectivity index (χ3v) is 9.17. The Morgan fingerprint density at radius 2 is 1.45 bits per heavy atom. The number of anilines is 1. The van der Waals surface area contributed by atoms with Crippen molar-refractivity contribution in [2.75, 3.05) is 18.4 Å². The number of halogens is 5. The molecule has 0 saturated carbocycles. The van der Waals surface area contributed by atoms with Crippen LogP contribution in [0.5, 0.6) is 5.75 Å². The van der Waals surface area contributed by atoms with Gasteiger partial charge in [0.05, 0.1) is 0 Å². The van der Waals surface area contributed by atoms with Crippen LogP contribution >= 0.6 is 23.2 Å². The van der Waals surface area contributed by atoms with Crippen LogP contribution in [0.2, 0.25) is 10.0 Å². The number of aromatic hydroxyl groups is 1. The predicted octanol–water partition coefficient (Wildman–Crippen LogP) is 7.15. The average molecular weight is 610 g/mol. The monoisotopic (exact) mass is 609 g/mol. The van der Waals surface area contributed by atoms with Crippen molar-refractivity contribution in [3.05, 3.63) is 99.7 Å².